The Balaban J connectivity index is 1.70. The Morgan fingerprint density at radius 3 is 2.52 bits per heavy atom. The number of nitro benzene ring substituents is 1. The van der Waals surface area contributed by atoms with Gasteiger partial charge in [0.2, 0.25) is 0 Å². The molecule has 8 heteroatoms. The van der Waals surface area contributed by atoms with Gasteiger partial charge in [0.25, 0.3) is 11.6 Å². The molecule has 1 aliphatic heterocycles. The zero-order valence-corrected chi connectivity index (χ0v) is 17.6. The second kappa shape index (κ2) is 10.6. The van der Waals surface area contributed by atoms with E-state index in [1.165, 1.54) is 17.7 Å². The number of nitro groups is 1. The number of hydrogen-bond acceptors (Lipinski definition) is 6. The van der Waals surface area contributed by atoms with Crippen LogP contribution in [0.2, 0.25) is 0 Å². The Morgan fingerprint density at radius 1 is 1.16 bits per heavy atom. The number of amides is 1. The van der Waals surface area contributed by atoms with Crippen LogP contribution in [0.3, 0.4) is 0 Å². The molecule has 1 heterocycles. The maximum absolute atomic E-state index is 12.6. The van der Waals surface area contributed by atoms with Gasteiger partial charge in [-0.2, -0.15) is 0 Å². The number of anilines is 1. The number of rotatable bonds is 8. The molecule has 31 heavy (non-hydrogen) atoms. The molecule has 0 aromatic heterocycles. The average Bonchev–Trinajstić information content (AvgIpc) is 2.78. The normalized spacial score (nSPS) is 14.2. The summed E-state index contributed by atoms with van der Waals surface area (Å²) in [5.41, 5.74) is 1.84. The molecule has 3 rings (SSSR count). The minimum atomic E-state index is -0.739. The molecule has 1 saturated heterocycles. The van der Waals surface area contributed by atoms with Crippen molar-refractivity contribution >= 4 is 23.3 Å². The molecule has 0 aliphatic carbocycles. The van der Waals surface area contributed by atoms with Gasteiger partial charge in [-0.15, -0.1) is 0 Å². The number of likely N-dealkylation sites (N-methyl/N-ethyl adjacent to an activating group) is 1. The van der Waals surface area contributed by atoms with Crippen LogP contribution < -0.4 is 10.2 Å². The van der Waals surface area contributed by atoms with Gasteiger partial charge in [-0.05, 0) is 43.7 Å². The third-order valence-corrected chi connectivity index (χ3v) is 5.44. The van der Waals surface area contributed by atoms with E-state index in [0.717, 1.165) is 32.4 Å². The maximum atomic E-state index is 12.6. The largest absolute Gasteiger partial charge is 0.452 e. The van der Waals surface area contributed by atoms with E-state index in [2.05, 4.69) is 22.3 Å². The minimum absolute atomic E-state index is 0.111. The number of hydrogen-bond donors (Lipinski definition) is 1. The van der Waals surface area contributed by atoms with Crippen molar-refractivity contribution in [2.75, 3.05) is 31.1 Å². The Morgan fingerprint density at radius 2 is 1.87 bits per heavy atom. The number of benzene rings is 2. The number of esters is 1. The van der Waals surface area contributed by atoms with Crippen molar-refractivity contribution in [2.45, 2.75) is 26.2 Å². The first-order chi connectivity index (χ1) is 15.0. The number of ether oxygens (including phenoxy) is 1. The van der Waals surface area contributed by atoms with Gasteiger partial charge in [0.1, 0.15) is 0 Å². The maximum Gasteiger partial charge on any atom is 0.341 e. The molecule has 0 atom stereocenters. The van der Waals surface area contributed by atoms with E-state index in [1.54, 1.807) is 13.0 Å². The summed E-state index contributed by atoms with van der Waals surface area (Å²) in [6, 6.07) is 14.6. The summed E-state index contributed by atoms with van der Waals surface area (Å²) in [5.74, 6) is -0.606. The zero-order valence-electron chi connectivity index (χ0n) is 17.6. The summed E-state index contributed by atoms with van der Waals surface area (Å²) in [7, 11) is 0. The van der Waals surface area contributed by atoms with Crippen LogP contribution in [0.1, 0.15) is 35.7 Å². The molecule has 8 nitrogen and oxygen atoms in total. The molecule has 0 bridgehead atoms. The van der Waals surface area contributed by atoms with Gasteiger partial charge in [0.05, 0.1) is 16.2 Å². The van der Waals surface area contributed by atoms with Crippen LogP contribution in [0.15, 0.2) is 48.5 Å². The van der Waals surface area contributed by atoms with E-state index >= 15 is 0 Å². The predicted molar refractivity (Wildman–Crippen MR) is 117 cm³/mol. The Labute approximate surface area is 181 Å². The second-order valence-corrected chi connectivity index (χ2v) is 7.61. The fraction of sp³-hybridized carbons (Fsp3) is 0.391. The van der Waals surface area contributed by atoms with Crippen LogP contribution in [-0.2, 0) is 16.0 Å². The second-order valence-electron chi connectivity index (χ2n) is 7.61. The highest BCUT2D eigenvalue weighted by atomic mass is 16.6. The highest BCUT2D eigenvalue weighted by Gasteiger charge is 2.26. The Hall–Kier alpha value is -3.42. The van der Waals surface area contributed by atoms with Crippen molar-refractivity contribution in [1.29, 1.82) is 0 Å². The summed E-state index contributed by atoms with van der Waals surface area (Å²) in [5, 5.41) is 13.8. The van der Waals surface area contributed by atoms with Gasteiger partial charge in [0.15, 0.2) is 6.61 Å². The molecule has 1 aliphatic rings. The Kier molecular flexibility index (Phi) is 7.59. The average molecular weight is 425 g/mol. The number of carbonyl (C=O) groups excluding carboxylic acids is 2. The van der Waals surface area contributed by atoms with Crippen LogP contribution in [0.5, 0.6) is 0 Å². The topological polar surface area (TPSA) is 102 Å². The van der Waals surface area contributed by atoms with Crippen LogP contribution in [0.4, 0.5) is 11.4 Å². The van der Waals surface area contributed by atoms with Gasteiger partial charge < -0.3 is 15.0 Å². The lowest BCUT2D eigenvalue weighted by Gasteiger charge is -2.34. The third-order valence-electron chi connectivity index (χ3n) is 5.44. The molecular formula is C23H27N3O5. The quantitative estimate of drug-likeness (QED) is 0.395. The summed E-state index contributed by atoms with van der Waals surface area (Å²) >= 11 is 0. The SMILES string of the molecule is CCNC(=O)COC(=O)c1cc([N+](=O)[O-])ccc1N1CCC(Cc2ccccc2)CC1. The van der Waals surface area contributed by atoms with E-state index in [9.17, 15) is 19.7 Å². The van der Waals surface area contributed by atoms with Crippen molar-refractivity contribution < 1.29 is 19.2 Å². The van der Waals surface area contributed by atoms with Gasteiger partial charge in [-0.1, -0.05) is 30.3 Å². The van der Waals surface area contributed by atoms with E-state index < -0.39 is 23.4 Å². The lowest BCUT2D eigenvalue weighted by molar-refractivity contribution is -0.384. The molecule has 2 aromatic carbocycles. The highest BCUT2D eigenvalue weighted by Crippen LogP contribution is 2.31. The number of nitrogens with one attached hydrogen (secondary N) is 1. The minimum Gasteiger partial charge on any atom is -0.452 e. The van der Waals surface area contributed by atoms with Crippen LogP contribution in [-0.4, -0.2) is 43.0 Å². The molecule has 164 valence electrons. The summed E-state index contributed by atoms with van der Waals surface area (Å²) in [4.78, 5) is 37.0. The molecule has 1 N–H and O–H groups in total. The molecule has 0 saturated carbocycles. The van der Waals surface area contributed by atoms with Gasteiger partial charge >= 0.3 is 5.97 Å². The van der Waals surface area contributed by atoms with Crippen molar-refractivity contribution in [3.05, 3.63) is 69.8 Å². The number of carbonyl (C=O) groups is 2. The van der Waals surface area contributed by atoms with Gasteiger partial charge in [-0.25, -0.2) is 4.79 Å². The number of piperidine rings is 1. The first-order valence-corrected chi connectivity index (χ1v) is 10.5. The van der Waals surface area contributed by atoms with Crippen LogP contribution >= 0.6 is 0 Å². The molecular weight excluding hydrogens is 398 g/mol. The summed E-state index contributed by atoms with van der Waals surface area (Å²) < 4.78 is 5.11. The standard InChI is InChI=1S/C23H27N3O5/c1-2-24-22(27)16-31-23(28)20-15-19(26(29)30)8-9-21(20)25-12-10-18(11-13-25)14-17-6-4-3-5-7-17/h3-9,15,18H,2,10-14,16H2,1H3,(H,24,27). The lowest BCUT2D eigenvalue weighted by atomic mass is 9.90. The Bertz CT molecular complexity index is 924. The first-order valence-electron chi connectivity index (χ1n) is 10.5. The fourth-order valence-electron chi connectivity index (χ4n) is 3.86. The lowest BCUT2D eigenvalue weighted by Crippen LogP contribution is -2.35. The van der Waals surface area contributed by atoms with Crippen molar-refractivity contribution in [1.82, 2.24) is 5.32 Å². The van der Waals surface area contributed by atoms with Gasteiger partial charge in [0, 0.05) is 31.8 Å². The molecule has 0 unspecified atom stereocenters. The van der Waals surface area contributed by atoms with Crippen LogP contribution in [0.25, 0.3) is 0 Å². The fourth-order valence-corrected chi connectivity index (χ4v) is 3.86. The van der Waals surface area contributed by atoms with E-state index in [4.69, 9.17) is 4.74 Å². The third kappa shape index (κ3) is 6.04. The van der Waals surface area contributed by atoms with Crippen LogP contribution in [0, 0.1) is 16.0 Å². The molecule has 0 spiro atoms. The zero-order chi connectivity index (χ0) is 22.2. The van der Waals surface area contributed by atoms with E-state index in [1.807, 2.05) is 18.2 Å². The molecule has 1 amide bonds. The highest BCUT2D eigenvalue weighted by molar-refractivity contribution is 5.97. The van der Waals surface area contributed by atoms with Crippen molar-refractivity contribution in [3.8, 4) is 0 Å². The monoisotopic (exact) mass is 425 g/mol. The van der Waals surface area contributed by atoms with E-state index in [0.29, 0.717) is 18.2 Å². The first kappa shape index (κ1) is 22.3. The van der Waals surface area contributed by atoms with E-state index in [-0.39, 0.29) is 11.3 Å². The molecule has 2 aromatic rings. The van der Waals surface area contributed by atoms with Gasteiger partial charge in [-0.3, -0.25) is 14.9 Å². The predicted octanol–water partition coefficient (Wildman–Crippen LogP) is 3.35. The summed E-state index contributed by atoms with van der Waals surface area (Å²) in [6.45, 7) is 3.25. The van der Waals surface area contributed by atoms with Crippen molar-refractivity contribution in [3.63, 3.8) is 0 Å². The number of non-ortho nitro benzene ring substituents is 1. The molecule has 0 radical (unpaired) electrons. The molecule has 1 fully saturated rings. The smallest absolute Gasteiger partial charge is 0.341 e. The van der Waals surface area contributed by atoms with Crippen molar-refractivity contribution in [2.24, 2.45) is 5.92 Å². The number of nitrogens with zero attached hydrogens (tertiary/aromatic N) is 2. The summed E-state index contributed by atoms with van der Waals surface area (Å²) in [6.07, 6.45) is 2.93.